The van der Waals surface area contributed by atoms with Crippen LogP contribution < -0.4 is 15.4 Å². The number of ether oxygens (including phenoxy) is 2. The van der Waals surface area contributed by atoms with Crippen molar-refractivity contribution < 1.29 is 37.7 Å². The second kappa shape index (κ2) is 7.77. The number of carbonyl (C=O) groups excluding carboxylic acids is 1. The monoisotopic (exact) mass is 408 g/mol. The highest BCUT2D eigenvalue weighted by Crippen LogP contribution is 2.44. The van der Waals surface area contributed by atoms with E-state index >= 15 is 0 Å². The van der Waals surface area contributed by atoms with Crippen LogP contribution in [0, 0.1) is 5.92 Å². The van der Waals surface area contributed by atoms with Crippen LogP contribution in [0.2, 0.25) is 0 Å². The Labute approximate surface area is 158 Å². The number of alkyl halides is 3. The Balaban J connectivity index is 2.58. The topological polar surface area (TPSA) is 100 Å². The van der Waals surface area contributed by atoms with Gasteiger partial charge in [0.25, 0.3) is 5.72 Å². The summed E-state index contributed by atoms with van der Waals surface area (Å²) in [6, 6.07) is 2.39. The Morgan fingerprint density at radius 1 is 1.33 bits per heavy atom. The average Bonchev–Trinajstić information content (AvgIpc) is 2.55. The van der Waals surface area contributed by atoms with Gasteiger partial charge in [-0.1, -0.05) is 6.07 Å². The fourth-order valence-corrected chi connectivity index (χ4v) is 3.09. The fourth-order valence-electron chi connectivity index (χ4n) is 2.81. The lowest BCUT2D eigenvalue weighted by atomic mass is 9.82. The molecule has 1 aromatic rings. The summed E-state index contributed by atoms with van der Waals surface area (Å²) in [5.74, 6) is -3.59. The predicted molar refractivity (Wildman–Crippen MR) is 92.0 cm³/mol. The van der Waals surface area contributed by atoms with E-state index in [1.54, 1.807) is 12.2 Å². The number of hydrogen-bond donors (Lipinski definition) is 4. The van der Waals surface area contributed by atoms with E-state index in [0.717, 1.165) is 0 Å². The van der Waals surface area contributed by atoms with Crippen LogP contribution in [0.25, 0.3) is 0 Å². The second-order valence-corrected chi connectivity index (χ2v) is 6.14. The van der Waals surface area contributed by atoms with E-state index in [1.165, 1.54) is 25.1 Å². The molecule has 0 bridgehead atoms. The van der Waals surface area contributed by atoms with E-state index < -0.39 is 34.9 Å². The van der Waals surface area contributed by atoms with Gasteiger partial charge in [-0.25, -0.2) is 0 Å². The third-order valence-corrected chi connectivity index (χ3v) is 4.21. The van der Waals surface area contributed by atoms with Crippen LogP contribution in [-0.2, 0) is 9.53 Å². The summed E-state index contributed by atoms with van der Waals surface area (Å²) in [7, 11) is 0. The van der Waals surface area contributed by atoms with Crippen LogP contribution in [0.4, 0.5) is 13.2 Å². The third-order valence-electron chi connectivity index (χ3n) is 3.99. The molecule has 0 aliphatic carbocycles. The molecule has 1 fully saturated rings. The smallest absolute Gasteiger partial charge is 0.437 e. The van der Waals surface area contributed by atoms with E-state index in [1.807, 2.05) is 0 Å². The summed E-state index contributed by atoms with van der Waals surface area (Å²) in [4.78, 5) is 12.3. The minimum atomic E-state index is -5.23. The first-order valence-corrected chi connectivity index (χ1v) is 8.46. The quantitative estimate of drug-likeness (QED) is 0.432. The normalized spacial score (nSPS) is 25.3. The molecule has 0 unspecified atom stereocenters. The third kappa shape index (κ3) is 4.03. The van der Waals surface area contributed by atoms with Gasteiger partial charge in [0.1, 0.15) is 5.92 Å². The fraction of sp³-hybridized carbons (Fsp3) is 0.500. The van der Waals surface area contributed by atoms with Crippen LogP contribution in [0.1, 0.15) is 25.5 Å². The zero-order valence-electron chi connectivity index (χ0n) is 14.5. The zero-order valence-corrected chi connectivity index (χ0v) is 15.3. The van der Waals surface area contributed by atoms with Gasteiger partial charge < -0.3 is 30.3 Å². The van der Waals surface area contributed by atoms with Crippen LogP contribution in [0.3, 0.4) is 0 Å². The molecular formula is C16H19F3N2O5S. The first-order chi connectivity index (χ1) is 12.5. The molecule has 3 atom stereocenters. The molecule has 2 rings (SSSR count). The van der Waals surface area contributed by atoms with Gasteiger partial charge in [-0.2, -0.15) is 13.2 Å². The summed E-state index contributed by atoms with van der Waals surface area (Å²) < 4.78 is 50.9. The van der Waals surface area contributed by atoms with Crippen molar-refractivity contribution in [2.24, 2.45) is 5.92 Å². The number of aromatic hydroxyl groups is 1. The lowest BCUT2D eigenvalue weighted by Gasteiger charge is -2.45. The Kier molecular flexibility index (Phi) is 6.05. The van der Waals surface area contributed by atoms with Crippen molar-refractivity contribution in [1.29, 1.82) is 0 Å². The highest BCUT2D eigenvalue weighted by atomic mass is 32.1. The van der Waals surface area contributed by atoms with Gasteiger partial charge in [0.15, 0.2) is 16.6 Å². The number of hydrogen-bond acceptors (Lipinski definition) is 6. The highest BCUT2D eigenvalue weighted by molar-refractivity contribution is 7.80. The SMILES string of the molecule is CCOC(=O)[C@@H]1[C@@H](c2ccc(O)c(OCC)c2)NC(=S)N[C@@]1(O)C(F)(F)F. The largest absolute Gasteiger partial charge is 0.504 e. The summed E-state index contributed by atoms with van der Waals surface area (Å²) >= 11 is 4.80. The van der Waals surface area contributed by atoms with Gasteiger partial charge in [0.2, 0.25) is 0 Å². The summed E-state index contributed by atoms with van der Waals surface area (Å²) in [6.45, 7) is 3.11. The van der Waals surface area contributed by atoms with E-state index in [4.69, 9.17) is 21.7 Å². The van der Waals surface area contributed by atoms with Gasteiger partial charge in [0.05, 0.1) is 19.3 Å². The van der Waals surface area contributed by atoms with Gasteiger partial charge >= 0.3 is 12.1 Å². The van der Waals surface area contributed by atoms with Crippen molar-refractivity contribution in [2.45, 2.75) is 31.8 Å². The molecule has 0 aromatic heterocycles. The maximum atomic E-state index is 13.6. The number of aliphatic hydroxyl groups is 1. The molecule has 1 heterocycles. The molecular weight excluding hydrogens is 389 g/mol. The second-order valence-electron chi connectivity index (χ2n) is 5.73. The van der Waals surface area contributed by atoms with Crippen molar-refractivity contribution in [2.75, 3.05) is 13.2 Å². The number of esters is 1. The number of halogens is 3. The molecule has 1 aromatic carbocycles. The molecule has 0 amide bonds. The molecule has 1 saturated heterocycles. The maximum absolute atomic E-state index is 13.6. The molecule has 27 heavy (non-hydrogen) atoms. The van der Waals surface area contributed by atoms with E-state index in [9.17, 15) is 28.2 Å². The zero-order chi connectivity index (χ0) is 20.4. The molecule has 1 aliphatic rings. The van der Waals surface area contributed by atoms with Crippen molar-refractivity contribution in [1.82, 2.24) is 10.6 Å². The number of nitrogens with one attached hydrogen (secondary N) is 2. The number of rotatable bonds is 5. The highest BCUT2D eigenvalue weighted by Gasteiger charge is 2.66. The Morgan fingerprint density at radius 2 is 2.00 bits per heavy atom. The molecule has 11 heteroatoms. The minimum Gasteiger partial charge on any atom is -0.504 e. The molecule has 0 saturated carbocycles. The van der Waals surface area contributed by atoms with Gasteiger partial charge in [0, 0.05) is 0 Å². The molecule has 0 spiro atoms. The summed E-state index contributed by atoms with van der Waals surface area (Å²) in [5.41, 5.74) is -3.50. The first-order valence-electron chi connectivity index (χ1n) is 8.05. The number of thiocarbonyl (C=S) groups is 1. The standard InChI is InChI=1S/C16H19F3N2O5S/c1-3-25-10-7-8(5-6-9(10)22)12-11(13(23)26-4-2)15(24,16(17,18)19)21-14(27)20-12/h5-7,11-12,22,24H,3-4H2,1-2H3,(H2,20,21,27)/t11-,12+,15-/m0/s1. The minimum absolute atomic E-state index is 0.0133. The number of benzene rings is 1. The predicted octanol–water partition coefficient (Wildman–Crippen LogP) is 1.74. The van der Waals surface area contributed by atoms with Crippen LogP contribution in [0.15, 0.2) is 18.2 Å². The van der Waals surface area contributed by atoms with Crippen molar-refractivity contribution in [3.05, 3.63) is 23.8 Å². The molecule has 1 aliphatic heterocycles. The van der Waals surface area contributed by atoms with E-state index in [-0.39, 0.29) is 30.3 Å². The van der Waals surface area contributed by atoms with E-state index in [0.29, 0.717) is 0 Å². The first kappa shape index (κ1) is 21.0. The number of phenolic OH excluding ortho intramolecular Hbond substituents is 1. The Hall–Kier alpha value is -2.27. The molecule has 150 valence electrons. The molecule has 7 nitrogen and oxygen atoms in total. The maximum Gasteiger partial charge on any atom is 0.437 e. The van der Waals surface area contributed by atoms with Crippen LogP contribution in [0.5, 0.6) is 11.5 Å². The van der Waals surface area contributed by atoms with E-state index in [2.05, 4.69) is 5.32 Å². The molecule has 0 radical (unpaired) electrons. The number of phenols is 1. The lowest BCUT2D eigenvalue weighted by molar-refractivity contribution is -0.292. The van der Waals surface area contributed by atoms with Crippen molar-refractivity contribution >= 4 is 23.3 Å². The van der Waals surface area contributed by atoms with Crippen molar-refractivity contribution in [3.8, 4) is 11.5 Å². The summed E-state index contributed by atoms with van der Waals surface area (Å²) in [5, 5.41) is 24.0. The average molecular weight is 408 g/mol. The van der Waals surface area contributed by atoms with Crippen LogP contribution >= 0.6 is 12.2 Å². The Morgan fingerprint density at radius 3 is 2.56 bits per heavy atom. The Bertz CT molecular complexity index is 730. The van der Waals surface area contributed by atoms with Gasteiger partial charge in [-0.15, -0.1) is 0 Å². The van der Waals surface area contributed by atoms with Gasteiger partial charge in [-0.05, 0) is 43.8 Å². The van der Waals surface area contributed by atoms with Crippen molar-refractivity contribution in [3.63, 3.8) is 0 Å². The van der Waals surface area contributed by atoms with Gasteiger partial charge in [-0.3, -0.25) is 4.79 Å². The summed E-state index contributed by atoms with van der Waals surface area (Å²) in [6.07, 6.45) is -5.23. The van der Waals surface area contributed by atoms with Crippen LogP contribution in [-0.4, -0.2) is 46.4 Å². The number of carbonyl (C=O) groups is 1. The molecule has 4 N–H and O–H groups in total. The lowest BCUT2D eigenvalue weighted by Crippen LogP contribution is -2.73.